The summed E-state index contributed by atoms with van der Waals surface area (Å²) in [5.41, 5.74) is 2.16. The van der Waals surface area contributed by atoms with Crippen molar-refractivity contribution in [1.29, 1.82) is 0 Å². The Morgan fingerprint density at radius 3 is 2.72 bits per heavy atom. The summed E-state index contributed by atoms with van der Waals surface area (Å²) in [4.78, 5) is 24.6. The molecule has 0 unspecified atom stereocenters. The van der Waals surface area contributed by atoms with Gasteiger partial charge in [0, 0.05) is 39.1 Å². The molecule has 0 aliphatic carbocycles. The van der Waals surface area contributed by atoms with Crippen LogP contribution < -0.4 is 14.5 Å². The van der Waals surface area contributed by atoms with E-state index in [1.165, 1.54) is 18.3 Å². The summed E-state index contributed by atoms with van der Waals surface area (Å²) in [6.07, 6.45) is 4.71. The van der Waals surface area contributed by atoms with Crippen molar-refractivity contribution in [3.8, 4) is 5.88 Å². The highest BCUT2D eigenvalue weighted by atomic mass is 19.3. The number of carbonyl (C=O) groups is 1. The van der Waals surface area contributed by atoms with Gasteiger partial charge in [-0.3, -0.25) is 4.79 Å². The zero-order valence-corrected chi connectivity index (χ0v) is 13.9. The standard InChI is InChI=1S/C17H18F2N4O2/c1-22(2)15-14-11(7-8-20-15)4-3-9-23(14)16(24)12-5-6-13(21-10-12)25-17(18)19/h5-8,10,17H,3-4,9H2,1-2H3. The third-order valence-electron chi connectivity index (χ3n) is 3.95. The van der Waals surface area contributed by atoms with Crippen LogP contribution in [0.25, 0.3) is 0 Å². The number of rotatable bonds is 4. The van der Waals surface area contributed by atoms with Crippen molar-refractivity contribution in [3.63, 3.8) is 0 Å². The Morgan fingerprint density at radius 2 is 2.08 bits per heavy atom. The van der Waals surface area contributed by atoms with E-state index in [4.69, 9.17) is 0 Å². The third kappa shape index (κ3) is 3.52. The van der Waals surface area contributed by atoms with E-state index in [1.54, 1.807) is 11.1 Å². The number of nitrogens with zero attached hydrogens (tertiary/aromatic N) is 4. The molecule has 0 saturated heterocycles. The summed E-state index contributed by atoms with van der Waals surface area (Å²) >= 11 is 0. The molecule has 3 rings (SSSR count). The predicted octanol–water partition coefficient (Wildman–Crippen LogP) is 2.74. The van der Waals surface area contributed by atoms with Crippen LogP contribution in [-0.4, -0.2) is 43.1 Å². The summed E-state index contributed by atoms with van der Waals surface area (Å²) < 4.78 is 28.6. The molecule has 0 atom stereocenters. The molecular formula is C17H18F2N4O2. The summed E-state index contributed by atoms with van der Waals surface area (Å²) in [7, 11) is 3.75. The van der Waals surface area contributed by atoms with Crippen LogP contribution in [0.2, 0.25) is 0 Å². The number of fused-ring (bicyclic) bond motifs is 1. The second-order valence-corrected chi connectivity index (χ2v) is 5.86. The SMILES string of the molecule is CN(C)c1nccc2c1N(C(=O)c1ccc(OC(F)F)nc1)CCC2. The molecule has 1 aliphatic heterocycles. The number of amides is 1. The molecule has 0 N–H and O–H groups in total. The van der Waals surface area contributed by atoms with Crippen molar-refractivity contribution < 1.29 is 18.3 Å². The number of pyridine rings is 2. The molecule has 0 fully saturated rings. The molecule has 6 nitrogen and oxygen atoms in total. The molecular weight excluding hydrogens is 330 g/mol. The van der Waals surface area contributed by atoms with E-state index >= 15 is 0 Å². The second-order valence-electron chi connectivity index (χ2n) is 5.86. The van der Waals surface area contributed by atoms with Crippen LogP contribution in [0.15, 0.2) is 30.6 Å². The molecule has 0 saturated carbocycles. The molecule has 0 radical (unpaired) electrons. The fourth-order valence-electron chi connectivity index (χ4n) is 2.87. The minimum absolute atomic E-state index is 0.221. The lowest BCUT2D eigenvalue weighted by atomic mass is 10.0. The molecule has 2 aromatic rings. The van der Waals surface area contributed by atoms with Crippen LogP contribution in [0.5, 0.6) is 5.88 Å². The lowest BCUT2D eigenvalue weighted by molar-refractivity contribution is -0.0528. The van der Waals surface area contributed by atoms with Gasteiger partial charge >= 0.3 is 6.61 Å². The largest absolute Gasteiger partial charge is 0.417 e. The first-order chi connectivity index (χ1) is 12.0. The topological polar surface area (TPSA) is 58.6 Å². The van der Waals surface area contributed by atoms with Gasteiger partial charge in [0.2, 0.25) is 5.88 Å². The fourth-order valence-corrected chi connectivity index (χ4v) is 2.87. The van der Waals surface area contributed by atoms with Gasteiger partial charge in [0.05, 0.1) is 11.3 Å². The van der Waals surface area contributed by atoms with E-state index in [0.717, 1.165) is 29.9 Å². The maximum absolute atomic E-state index is 12.9. The van der Waals surface area contributed by atoms with Gasteiger partial charge < -0.3 is 14.5 Å². The minimum atomic E-state index is -2.95. The van der Waals surface area contributed by atoms with E-state index in [1.807, 2.05) is 25.1 Å². The summed E-state index contributed by atoms with van der Waals surface area (Å²) in [5, 5.41) is 0. The summed E-state index contributed by atoms with van der Waals surface area (Å²) in [6, 6.07) is 4.62. The van der Waals surface area contributed by atoms with Gasteiger partial charge in [-0.05, 0) is 30.5 Å². The van der Waals surface area contributed by atoms with E-state index in [-0.39, 0.29) is 11.8 Å². The van der Waals surface area contributed by atoms with Gasteiger partial charge in [-0.2, -0.15) is 8.78 Å². The second kappa shape index (κ2) is 7.00. The van der Waals surface area contributed by atoms with E-state index < -0.39 is 6.61 Å². The maximum atomic E-state index is 12.9. The quantitative estimate of drug-likeness (QED) is 0.850. The molecule has 25 heavy (non-hydrogen) atoms. The number of alkyl halides is 2. The lowest BCUT2D eigenvalue weighted by Crippen LogP contribution is -2.37. The molecule has 3 heterocycles. The molecule has 132 valence electrons. The Balaban J connectivity index is 1.92. The summed E-state index contributed by atoms with van der Waals surface area (Å²) in [5.74, 6) is 0.255. The molecule has 0 spiro atoms. The number of aryl methyl sites for hydroxylation is 1. The maximum Gasteiger partial charge on any atom is 0.388 e. The van der Waals surface area contributed by atoms with Gasteiger partial charge in [-0.15, -0.1) is 0 Å². The first-order valence-electron chi connectivity index (χ1n) is 7.85. The van der Waals surface area contributed by atoms with Gasteiger partial charge in [0.1, 0.15) is 0 Å². The van der Waals surface area contributed by atoms with E-state index in [2.05, 4.69) is 14.7 Å². The number of ether oxygens (including phenoxy) is 1. The smallest absolute Gasteiger partial charge is 0.388 e. The zero-order chi connectivity index (χ0) is 18.0. The highest BCUT2D eigenvalue weighted by Gasteiger charge is 2.27. The van der Waals surface area contributed by atoms with Gasteiger partial charge in [-0.1, -0.05) is 0 Å². The van der Waals surface area contributed by atoms with Crippen molar-refractivity contribution in [2.24, 2.45) is 0 Å². The number of carbonyl (C=O) groups excluding carboxylic acids is 1. The molecule has 1 aliphatic rings. The van der Waals surface area contributed by atoms with Crippen molar-refractivity contribution in [2.75, 3.05) is 30.4 Å². The Labute approximate surface area is 144 Å². The number of hydrogen-bond acceptors (Lipinski definition) is 5. The normalized spacial score (nSPS) is 13.6. The Morgan fingerprint density at radius 1 is 1.28 bits per heavy atom. The van der Waals surface area contributed by atoms with Crippen molar-refractivity contribution in [3.05, 3.63) is 41.7 Å². The molecule has 1 amide bonds. The van der Waals surface area contributed by atoms with Crippen molar-refractivity contribution >= 4 is 17.4 Å². The average Bonchev–Trinajstić information content (AvgIpc) is 2.60. The van der Waals surface area contributed by atoms with Gasteiger partial charge in [0.15, 0.2) is 5.82 Å². The highest BCUT2D eigenvalue weighted by Crippen LogP contribution is 2.35. The fraction of sp³-hybridized carbons (Fsp3) is 0.353. The van der Waals surface area contributed by atoms with Crippen LogP contribution in [0.3, 0.4) is 0 Å². The van der Waals surface area contributed by atoms with Gasteiger partial charge in [-0.25, -0.2) is 9.97 Å². The Bertz CT molecular complexity index is 766. The van der Waals surface area contributed by atoms with Crippen LogP contribution in [0.4, 0.5) is 20.3 Å². The number of hydrogen-bond donors (Lipinski definition) is 0. The Kier molecular flexibility index (Phi) is 4.78. The molecule has 0 aromatic carbocycles. The highest BCUT2D eigenvalue weighted by molar-refractivity contribution is 6.08. The Hall–Kier alpha value is -2.77. The van der Waals surface area contributed by atoms with Gasteiger partial charge in [0.25, 0.3) is 5.91 Å². The monoisotopic (exact) mass is 348 g/mol. The van der Waals surface area contributed by atoms with Crippen molar-refractivity contribution in [1.82, 2.24) is 9.97 Å². The van der Waals surface area contributed by atoms with Crippen LogP contribution in [-0.2, 0) is 6.42 Å². The minimum Gasteiger partial charge on any atom is -0.417 e. The number of halogens is 2. The predicted molar refractivity (Wildman–Crippen MR) is 89.4 cm³/mol. The van der Waals surface area contributed by atoms with Crippen molar-refractivity contribution in [2.45, 2.75) is 19.5 Å². The molecule has 8 heteroatoms. The van der Waals surface area contributed by atoms with Crippen LogP contribution in [0.1, 0.15) is 22.3 Å². The van der Waals surface area contributed by atoms with E-state index in [9.17, 15) is 13.6 Å². The zero-order valence-electron chi connectivity index (χ0n) is 13.9. The summed E-state index contributed by atoms with van der Waals surface area (Å²) in [6.45, 7) is -2.38. The first kappa shape index (κ1) is 17.1. The van der Waals surface area contributed by atoms with Crippen LogP contribution >= 0.6 is 0 Å². The lowest BCUT2D eigenvalue weighted by Gasteiger charge is -2.32. The number of anilines is 2. The van der Waals surface area contributed by atoms with E-state index in [0.29, 0.717) is 12.1 Å². The van der Waals surface area contributed by atoms with Crippen LogP contribution in [0, 0.1) is 0 Å². The molecule has 2 aromatic heterocycles. The number of aromatic nitrogens is 2. The average molecular weight is 348 g/mol. The third-order valence-corrected chi connectivity index (χ3v) is 3.95. The first-order valence-corrected chi connectivity index (χ1v) is 7.85. The molecule has 0 bridgehead atoms.